The van der Waals surface area contributed by atoms with Crippen molar-refractivity contribution in [2.75, 3.05) is 0 Å². The van der Waals surface area contributed by atoms with Crippen LogP contribution < -0.4 is 16.4 Å². The van der Waals surface area contributed by atoms with Gasteiger partial charge in [-0.25, -0.2) is 0 Å². The van der Waals surface area contributed by atoms with Crippen LogP contribution in [0.2, 0.25) is 0 Å². The molecular formula is C5H8N4. The van der Waals surface area contributed by atoms with Crippen LogP contribution in [0.1, 0.15) is 13.3 Å². The molecule has 0 atom stereocenters. The Balaban J connectivity index is 2.58. The zero-order valence-corrected chi connectivity index (χ0v) is 5.15. The maximum atomic E-state index is 8.26. The zero-order valence-electron chi connectivity index (χ0n) is 5.15. The molecule has 0 bridgehead atoms. The van der Waals surface area contributed by atoms with Crippen LogP contribution in [-0.2, 0) is 0 Å². The molecule has 0 spiro atoms. The maximum Gasteiger partial charge on any atom is 0.0781 e. The summed E-state index contributed by atoms with van der Waals surface area (Å²) >= 11 is 0. The minimum absolute atomic E-state index is 0.422. The third kappa shape index (κ3) is 1.12. The molecular weight excluding hydrogens is 116 g/mol. The predicted molar refractivity (Wildman–Crippen MR) is 32.3 cm³/mol. The summed E-state index contributed by atoms with van der Waals surface area (Å²) in [6, 6.07) is 2.04. The van der Waals surface area contributed by atoms with Crippen molar-refractivity contribution >= 4 is 0 Å². The Morgan fingerprint density at radius 2 is 2.33 bits per heavy atom. The van der Waals surface area contributed by atoms with Crippen LogP contribution in [0.15, 0.2) is 11.4 Å². The fourth-order valence-electron chi connectivity index (χ4n) is 0.625. The third-order valence-electron chi connectivity index (χ3n) is 1.17. The second-order valence-corrected chi connectivity index (χ2v) is 1.81. The van der Waals surface area contributed by atoms with Gasteiger partial charge in [0, 0.05) is 5.70 Å². The first-order valence-corrected chi connectivity index (χ1v) is 2.68. The first kappa shape index (κ1) is 5.92. The number of nitriles is 1. The molecule has 0 unspecified atom stereocenters. The zero-order chi connectivity index (χ0) is 6.69. The molecule has 1 heterocycles. The van der Waals surface area contributed by atoms with E-state index in [2.05, 4.69) is 16.4 Å². The quantitative estimate of drug-likeness (QED) is 0.451. The van der Waals surface area contributed by atoms with E-state index < -0.39 is 0 Å². The monoisotopic (exact) mass is 124 g/mol. The molecule has 0 aromatic rings. The number of nitrogens with one attached hydrogen (secondary N) is 3. The highest BCUT2D eigenvalue weighted by molar-refractivity contribution is 5.14. The van der Waals surface area contributed by atoms with E-state index in [4.69, 9.17) is 5.26 Å². The van der Waals surface area contributed by atoms with Gasteiger partial charge in [-0.05, 0) is 6.92 Å². The number of hydrogen-bond acceptors (Lipinski definition) is 4. The highest BCUT2D eigenvalue weighted by atomic mass is 15.6. The van der Waals surface area contributed by atoms with E-state index in [0.29, 0.717) is 6.42 Å². The second-order valence-electron chi connectivity index (χ2n) is 1.81. The van der Waals surface area contributed by atoms with E-state index in [-0.39, 0.29) is 0 Å². The predicted octanol–water partition coefficient (Wildman–Crippen LogP) is -0.256. The van der Waals surface area contributed by atoms with Gasteiger partial charge in [-0.1, -0.05) is 0 Å². The van der Waals surface area contributed by atoms with Crippen molar-refractivity contribution in [3.8, 4) is 6.07 Å². The Bertz CT molecular complexity index is 176. The van der Waals surface area contributed by atoms with Crippen LogP contribution >= 0.6 is 0 Å². The first-order valence-electron chi connectivity index (χ1n) is 2.68. The molecule has 48 valence electrons. The largest absolute Gasteiger partial charge is 0.307 e. The molecule has 1 aliphatic rings. The summed E-state index contributed by atoms with van der Waals surface area (Å²) in [6.45, 7) is 1.90. The molecule has 0 radical (unpaired) electrons. The number of hydrazine groups is 2. The van der Waals surface area contributed by atoms with Gasteiger partial charge in [-0.15, -0.1) is 0 Å². The Kier molecular flexibility index (Phi) is 1.56. The van der Waals surface area contributed by atoms with Gasteiger partial charge in [0.2, 0.25) is 0 Å². The number of rotatable bonds is 1. The summed E-state index contributed by atoms with van der Waals surface area (Å²) in [4.78, 5) is 0. The van der Waals surface area contributed by atoms with E-state index >= 15 is 0 Å². The average molecular weight is 124 g/mol. The fraction of sp³-hybridized carbons (Fsp3) is 0.400. The summed E-state index contributed by atoms with van der Waals surface area (Å²) in [7, 11) is 0. The molecule has 1 aliphatic heterocycles. The van der Waals surface area contributed by atoms with Crippen LogP contribution in [0.25, 0.3) is 0 Å². The van der Waals surface area contributed by atoms with Gasteiger partial charge < -0.3 is 10.9 Å². The topological polar surface area (TPSA) is 59.9 Å². The highest BCUT2D eigenvalue weighted by Crippen LogP contribution is 2.02. The minimum Gasteiger partial charge on any atom is -0.307 e. The molecule has 4 heteroatoms. The maximum absolute atomic E-state index is 8.26. The summed E-state index contributed by atoms with van der Waals surface area (Å²) in [6.07, 6.45) is 0.422. The van der Waals surface area contributed by atoms with Gasteiger partial charge >= 0.3 is 0 Å². The summed E-state index contributed by atoms with van der Waals surface area (Å²) < 4.78 is 0. The lowest BCUT2D eigenvalue weighted by molar-refractivity contribution is 0.586. The molecule has 1 rings (SSSR count). The molecule has 0 amide bonds. The number of hydrogen-bond donors (Lipinski definition) is 3. The molecule has 3 N–H and O–H groups in total. The Morgan fingerprint density at radius 1 is 1.56 bits per heavy atom. The lowest BCUT2D eigenvalue weighted by atomic mass is 10.3. The van der Waals surface area contributed by atoms with Gasteiger partial charge in [0.1, 0.15) is 0 Å². The smallest absolute Gasteiger partial charge is 0.0781 e. The first-order chi connectivity index (χ1) is 4.34. The van der Waals surface area contributed by atoms with Gasteiger partial charge in [0.25, 0.3) is 0 Å². The Morgan fingerprint density at radius 3 is 2.78 bits per heavy atom. The average Bonchev–Trinajstić information content (AvgIpc) is 2.18. The van der Waals surface area contributed by atoms with Crippen LogP contribution in [0.3, 0.4) is 0 Å². The van der Waals surface area contributed by atoms with Crippen LogP contribution in [0.5, 0.6) is 0 Å². The van der Waals surface area contributed by atoms with Gasteiger partial charge in [-0.3, -0.25) is 0 Å². The molecule has 4 nitrogen and oxygen atoms in total. The molecule has 0 saturated carbocycles. The number of allylic oxidation sites excluding steroid dienone is 2. The lowest BCUT2D eigenvalue weighted by Gasteiger charge is -1.93. The Hall–Kier alpha value is -1.21. The van der Waals surface area contributed by atoms with Crippen molar-refractivity contribution in [2.24, 2.45) is 0 Å². The van der Waals surface area contributed by atoms with Crippen LogP contribution in [-0.4, -0.2) is 0 Å². The van der Waals surface area contributed by atoms with Gasteiger partial charge in [0.15, 0.2) is 0 Å². The van der Waals surface area contributed by atoms with Crippen molar-refractivity contribution < 1.29 is 0 Å². The normalized spacial score (nSPS) is 16.4. The molecule has 9 heavy (non-hydrogen) atoms. The molecule has 0 aliphatic carbocycles. The van der Waals surface area contributed by atoms with Crippen molar-refractivity contribution in [1.82, 2.24) is 16.4 Å². The minimum atomic E-state index is 0.422. The van der Waals surface area contributed by atoms with Crippen molar-refractivity contribution in [2.45, 2.75) is 13.3 Å². The second kappa shape index (κ2) is 2.37. The lowest BCUT2D eigenvalue weighted by Crippen LogP contribution is -2.32. The van der Waals surface area contributed by atoms with E-state index in [1.54, 1.807) is 0 Å². The summed E-state index contributed by atoms with van der Waals surface area (Å²) in [5.74, 6) is 0. The van der Waals surface area contributed by atoms with E-state index in [1.165, 1.54) is 0 Å². The summed E-state index contributed by atoms with van der Waals surface area (Å²) in [5, 5.41) is 8.26. The number of nitrogens with zero attached hydrogens (tertiary/aromatic N) is 1. The van der Waals surface area contributed by atoms with Crippen LogP contribution in [0, 0.1) is 11.3 Å². The van der Waals surface area contributed by atoms with Crippen molar-refractivity contribution in [1.29, 1.82) is 5.26 Å². The van der Waals surface area contributed by atoms with Gasteiger partial charge in [0.05, 0.1) is 18.2 Å². The van der Waals surface area contributed by atoms with Crippen LogP contribution in [0.4, 0.5) is 0 Å². The molecule has 0 aromatic heterocycles. The molecule has 0 aromatic carbocycles. The molecule has 0 fully saturated rings. The highest BCUT2D eigenvalue weighted by Gasteiger charge is 2.06. The van der Waals surface area contributed by atoms with E-state index in [9.17, 15) is 0 Å². The van der Waals surface area contributed by atoms with Crippen molar-refractivity contribution in [3.05, 3.63) is 11.4 Å². The Labute approximate surface area is 53.5 Å². The van der Waals surface area contributed by atoms with E-state index in [1.807, 2.05) is 13.0 Å². The molecule has 0 saturated heterocycles. The van der Waals surface area contributed by atoms with Gasteiger partial charge in [-0.2, -0.15) is 10.8 Å². The van der Waals surface area contributed by atoms with E-state index in [0.717, 1.165) is 11.4 Å². The summed E-state index contributed by atoms with van der Waals surface area (Å²) in [5.41, 5.74) is 10.2. The SMILES string of the molecule is CC1=C(CC#N)NNN1. The third-order valence-corrected chi connectivity index (χ3v) is 1.17. The van der Waals surface area contributed by atoms with Crippen molar-refractivity contribution in [3.63, 3.8) is 0 Å². The standard InChI is InChI=1S/C5H8N4/c1-4-5(2-3-6)8-9-7-4/h7-9H,2H2,1H3. The fourth-order valence-corrected chi connectivity index (χ4v) is 0.625.